The maximum atomic E-state index is 13.8. The van der Waals surface area contributed by atoms with Crippen LogP contribution in [0.4, 0.5) is 14.6 Å². The number of hydrogen-bond acceptors (Lipinski definition) is 7. The van der Waals surface area contributed by atoms with Gasteiger partial charge in [0, 0.05) is 17.4 Å². The molecule has 0 unspecified atom stereocenters. The number of nitrogens with zero attached hydrogens (tertiary/aromatic N) is 3. The first kappa shape index (κ1) is 18.2. The van der Waals surface area contributed by atoms with E-state index in [1.165, 1.54) is 12.1 Å². The molecule has 26 heavy (non-hydrogen) atoms. The minimum atomic E-state index is -0.916. The first-order valence-electron chi connectivity index (χ1n) is 7.68. The molecule has 7 nitrogen and oxygen atoms in total. The second-order valence-electron chi connectivity index (χ2n) is 5.53. The number of rotatable bonds is 6. The van der Waals surface area contributed by atoms with Gasteiger partial charge >= 0.3 is 0 Å². The first-order chi connectivity index (χ1) is 12.5. The van der Waals surface area contributed by atoms with E-state index in [4.69, 9.17) is 0 Å². The topological polar surface area (TPSA) is 104 Å². The largest absolute Gasteiger partial charge is 0.394 e. The molecular formula is C16H15F2N5O2S. The summed E-state index contributed by atoms with van der Waals surface area (Å²) in [6, 6.07) is 3.64. The molecule has 3 N–H and O–H groups in total. The lowest BCUT2D eigenvalue weighted by Crippen LogP contribution is -2.21. The fraction of sp³-hybridized carbons (Fsp3) is 0.250. The van der Waals surface area contributed by atoms with Gasteiger partial charge in [-0.25, -0.2) is 23.7 Å². The Kier molecular flexibility index (Phi) is 5.43. The summed E-state index contributed by atoms with van der Waals surface area (Å²) in [5, 5.41) is 12.5. The highest BCUT2D eigenvalue weighted by Gasteiger charge is 2.14. The minimum absolute atomic E-state index is 0.118. The van der Waals surface area contributed by atoms with Crippen LogP contribution in [0.3, 0.4) is 0 Å². The number of aromatic amines is 1. The van der Waals surface area contributed by atoms with E-state index in [0.717, 1.165) is 24.0 Å². The Balaban J connectivity index is 1.94. The third-order valence-corrected chi connectivity index (χ3v) is 4.36. The van der Waals surface area contributed by atoms with E-state index in [1.807, 2.05) is 0 Å². The molecule has 0 spiro atoms. The zero-order valence-electron chi connectivity index (χ0n) is 13.7. The molecule has 0 aliphatic rings. The molecule has 2 heterocycles. The lowest BCUT2D eigenvalue weighted by atomic mass is 10.2. The van der Waals surface area contributed by atoms with Crippen molar-refractivity contribution in [3.63, 3.8) is 0 Å². The highest BCUT2D eigenvalue weighted by molar-refractivity contribution is 7.98. The van der Waals surface area contributed by atoms with Crippen LogP contribution in [-0.2, 0) is 5.75 Å². The summed E-state index contributed by atoms with van der Waals surface area (Å²) >= 11 is 1.10. The average molecular weight is 379 g/mol. The van der Waals surface area contributed by atoms with E-state index in [1.54, 1.807) is 6.92 Å². The number of fused-ring (bicyclic) bond motifs is 1. The van der Waals surface area contributed by atoms with Crippen molar-refractivity contribution in [3.8, 4) is 0 Å². The Labute approximate surface area is 150 Å². The molecule has 0 radical (unpaired) electrons. The maximum absolute atomic E-state index is 13.8. The molecule has 0 saturated carbocycles. The number of aliphatic hydroxyl groups excluding tert-OH is 1. The standard InChI is InChI=1S/C16H15F2N5O2S/c1-8(6-24)20-15-13-14(19-5-11(25)21-13)22-16(23-15)26-7-9-3-2-4-10(17)12(9)18/h2-5,8,24H,6-7H2,1H3,(H,21,25)(H,19,20,22,23)/t8-/m0/s1. The van der Waals surface area contributed by atoms with Crippen molar-refractivity contribution in [2.24, 2.45) is 0 Å². The van der Waals surface area contributed by atoms with Crippen molar-refractivity contribution >= 4 is 28.7 Å². The van der Waals surface area contributed by atoms with Crippen LogP contribution in [0.5, 0.6) is 0 Å². The van der Waals surface area contributed by atoms with Gasteiger partial charge in [0.25, 0.3) is 5.56 Å². The van der Waals surface area contributed by atoms with Gasteiger partial charge in [0.2, 0.25) is 0 Å². The van der Waals surface area contributed by atoms with E-state index in [9.17, 15) is 18.7 Å². The summed E-state index contributed by atoms with van der Waals surface area (Å²) in [6.45, 7) is 1.59. The van der Waals surface area contributed by atoms with Gasteiger partial charge in [-0.3, -0.25) is 4.79 Å². The number of hydrogen-bond donors (Lipinski definition) is 3. The molecule has 0 bridgehead atoms. The van der Waals surface area contributed by atoms with Crippen LogP contribution in [0.1, 0.15) is 12.5 Å². The van der Waals surface area contributed by atoms with Gasteiger partial charge < -0.3 is 15.4 Å². The number of nitrogens with one attached hydrogen (secondary N) is 2. The van der Waals surface area contributed by atoms with E-state index >= 15 is 0 Å². The van der Waals surface area contributed by atoms with Crippen LogP contribution in [0.15, 0.2) is 34.3 Å². The number of benzene rings is 1. The number of H-pyrrole nitrogens is 1. The second kappa shape index (κ2) is 7.75. The molecule has 136 valence electrons. The van der Waals surface area contributed by atoms with Crippen LogP contribution < -0.4 is 10.9 Å². The van der Waals surface area contributed by atoms with Crippen molar-refractivity contribution in [3.05, 3.63) is 51.9 Å². The number of thioether (sulfide) groups is 1. The summed E-state index contributed by atoms with van der Waals surface area (Å²) in [4.78, 5) is 26.6. The van der Waals surface area contributed by atoms with Gasteiger partial charge in [0.15, 0.2) is 28.3 Å². The third kappa shape index (κ3) is 3.97. The Morgan fingerprint density at radius 1 is 1.35 bits per heavy atom. The van der Waals surface area contributed by atoms with Crippen molar-refractivity contribution < 1.29 is 13.9 Å². The Bertz CT molecular complexity index is 998. The van der Waals surface area contributed by atoms with Crippen molar-refractivity contribution in [1.29, 1.82) is 0 Å². The summed E-state index contributed by atoms with van der Waals surface area (Å²) in [7, 11) is 0. The molecule has 0 amide bonds. The minimum Gasteiger partial charge on any atom is -0.394 e. The normalized spacial score (nSPS) is 12.3. The van der Waals surface area contributed by atoms with Gasteiger partial charge in [0.05, 0.1) is 12.8 Å². The van der Waals surface area contributed by atoms with Gasteiger partial charge in [0.1, 0.15) is 5.52 Å². The molecule has 0 aliphatic carbocycles. The highest BCUT2D eigenvalue weighted by atomic mass is 32.2. The smallest absolute Gasteiger partial charge is 0.267 e. The Hall–Kier alpha value is -2.59. The molecule has 1 aromatic carbocycles. The number of aliphatic hydroxyl groups is 1. The highest BCUT2D eigenvalue weighted by Crippen LogP contribution is 2.25. The quantitative estimate of drug-likeness (QED) is 0.445. The van der Waals surface area contributed by atoms with Crippen LogP contribution in [0, 0.1) is 11.6 Å². The lowest BCUT2D eigenvalue weighted by molar-refractivity contribution is 0.281. The Morgan fingerprint density at radius 3 is 2.92 bits per heavy atom. The summed E-state index contributed by atoms with van der Waals surface area (Å²) in [5.41, 5.74) is 0.322. The predicted octanol–water partition coefficient (Wildman–Crippen LogP) is 2.08. The van der Waals surface area contributed by atoms with Crippen LogP contribution >= 0.6 is 11.8 Å². The Morgan fingerprint density at radius 2 is 2.15 bits per heavy atom. The fourth-order valence-corrected chi connectivity index (χ4v) is 2.98. The molecule has 3 rings (SSSR count). The number of anilines is 1. The maximum Gasteiger partial charge on any atom is 0.267 e. The van der Waals surface area contributed by atoms with Crippen LogP contribution in [-0.4, -0.2) is 37.7 Å². The van der Waals surface area contributed by atoms with Crippen molar-refractivity contribution in [1.82, 2.24) is 19.9 Å². The molecule has 0 aliphatic heterocycles. The molecule has 10 heteroatoms. The van der Waals surface area contributed by atoms with Crippen molar-refractivity contribution in [2.75, 3.05) is 11.9 Å². The number of halogens is 2. The average Bonchev–Trinajstić information content (AvgIpc) is 2.63. The third-order valence-electron chi connectivity index (χ3n) is 3.47. The molecular weight excluding hydrogens is 364 g/mol. The molecule has 3 aromatic rings. The first-order valence-corrected chi connectivity index (χ1v) is 8.66. The summed E-state index contributed by atoms with van der Waals surface area (Å²) in [5.74, 6) is -1.41. The molecule has 1 atom stereocenters. The van der Waals surface area contributed by atoms with Crippen LogP contribution in [0.25, 0.3) is 11.2 Å². The lowest BCUT2D eigenvalue weighted by Gasteiger charge is -2.13. The zero-order valence-corrected chi connectivity index (χ0v) is 14.5. The van der Waals surface area contributed by atoms with E-state index < -0.39 is 17.2 Å². The second-order valence-corrected chi connectivity index (χ2v) is 6.47. The van der Waals surface area contributed by atoms with Crippen molar-refractivity contribution in [2.45, 2.75) is 23.9 Å². The van der Waals surface area contributed by atoms with E-state index in [0.29, 0.717) is 11.3 Å². The molecule has 2 aromatic heterocycles. The summed E-state index contributed by atoms with van der Waals surface area (Å²) < 4.78 is 27.1. The van der Waals surface area contributed by atoms with Crippen LogP contribution in [0.2, 0.25) is 0 Å². The van der Waals surface area contributed by atoms with Gasteiger partial charge in [-0.2, -0.15) is 0 Å². The van der Waals surface area contributed by atoms with Gasteiger partial charge in [-0.15, -0.1) is 0 Å². The van der Waals surface area contributed by atoms with Gasteiger partial charge in [-0.1, -0.05) is 23.9 Å². The molecule has 0 fully saturated rings. The van der Waals surface area contributed by atoms with E-state index in [-0.39, 0.29) is 34.8 Å². The predicted molar refractivity (Wildman–Crippen MR) is 94.0 cm³/mol. The summed E-state index contributed by atoms with van der Waals surface area (Å²) in [6.07, 6.45) is 1.09. The monoisotopic (exact) mass is 379 g/mol. The molecule has 0 saturated heterocycles. The zero-order chi connectivity index (χ0) is 18.7. The fourth-order valence-electron chi connectivity index (χ4n) is 2.16. The van der Waals surface area contributed by atoms with Gasteiger partial charge in [-0.05, 0) is 13.0 Å². The SMILES string of the molecule is C[C@@H](CO)Nc1nc(SCc2cccc(F)c2F)nc2ncc(=O)[nH]c12. The number of aromatic nitrogens is 4. The van der Waals surface area contributed by atoms with E-state index in [2.05, 4.69) is 25.3 Å².